The SMILES string of the molecule is CCCCCCC/C=C\C/C=C\C/C=C\CCCCCCCCCCCCC(=O)NC(COC1OC(CO)C(O)C(O)C1O)C(O)CCCCCCCCCC. The Kier molecular flexibility index (Phi) is 35.3. The average molecular weight is 794 g/mol. The second kappa shape index (κ2) is 37.7. The topological polar surface area (TPSA) is 149 Å². The van der Waals surface area contributed by atoms with E-state index in [0.717, 1.165) is 51.4 Å². The number of carbonyl (C=O) groups is 1. The molecule has 1 saturated heterocycles. The molecule has 1 heterocycles. The smallest absolute Gasteiger partial charge is 0.220 e. The van der Waals surface area contributed by atoms with E-state index in [9.17, 15) is 30.3 Å². The van der Waals surface area contributed by atoms with Crippen LogP contribution in [-0.4, -0.2) is 87.5 Å². The van der Waals surface area contributed by atoms with E-state index >= 15 is 0 Å². The van der Waals surface area contributed by atoms with Crippen LogP contribution in [0.15, 0.2) is 36.5 Å². The van der Waals surface area contributed by atoms with Crippen molar-refractivity contribution in [1.29, 1.82) is 0 Å². The summed E-state index contributed by atoms with van der Waals surface area (Å²) in [6.07, 6.45) is 38.9. The van der Waals surface area contributed by atoms with E-state index in [0.29, 0.717) is 12.8 Å². The number of allylic oxidation sites excluding steroid dienone is 6. The van der Waals surface area contributed by atoms with Crippen LogP contribution in [0.1, 0.15) is 200 Å². The Hall–Kier alpha value is -1.59. The van der Waals surface area contributed by atoms with Crippen molar-refractivity contribution in [3.8, 4) is 0 Å². The highest BCUT2D eigenvalue weighted by atomic mass is 16.7. The number of nitrogens with one attached hydrogen (secondary N) is 1. The summed E-state index contributed by atoms with van der Waals surface area (Å²) in [4.78, 5) is 12.9. The van der Waals surface area contributed by atoms with Gasteiger partial charge in [0.05, 0.1) is 25.4 Å². The van der Waals surface area contributed by atoms with E-state index < -0.39 is 49.5 Å². The van der Waals surface area contributed by atoms with Crippen molar-refractivity contribution in [3.05, 3.63) is 36.5 Å². The minimum Gasteiger partial charge on any atom is -0.394 e. The maximum atomic E-state index is 12.9. The molecule has 0 aromatic heterocycles. The summed E-state index contributed by atoms with van der Waals surface area (Å²) in [5, 5.41) is 54.1. The molecule has 0 radical (unpaired) electrons. The van der Waals surface area contributed by atoms with Gasteiger partial charge in [-0.1, -0.05) is 179 Å². The molecule has 0 aliphatic carbocycles. The minimum absolute atomic E-state index is 0.140. The number of ether oxygens (including phenoxy) is 2. The van der Waals surface area contributed by atoms with Gasteiger partial charge in [-0.15, -0.1) is 0 Å². The van der Waals surface area contributed by atoms with Crippen molar-refractivity contribution in [2.45, 2.75) is 243 Å². The second-order valence-corrected chi connectivity index (χ2v) is 16.2. The molecular weight excluding hydrogens is 707 g/mol. The van der Waals surface area contributed by atoms with Crippen molar-refractivity contribution in [1.82, 2.24) is 5.32 Å². The quantitative estimate of drug-likeness (QED) is 0.0268. The number of aliphatic hydroxyl groups excluding tert-OH is 5. The van der Waals surface area contributed by atoms with Gasteiger partial charge in [0.2, 0.25) is 5.91 Å². The summed E-state index contributed by atoms with van der Waals surface area (Å²) >= 11 is 0. The summed E-state index contributed by atoms with van der Waals surface area (Å²) < 4.78 is 11.2. The number of hydrogen-bond donors (Lipinski definition) is 6. The summed E-state index contributed by atoms with van der Waals surface area (Å²) in [6.45, 7) is 3.77. The number of hydrogen-bond acceptors (Lipinski definition) is 8. The summed E-state index contributed by atoms with van der Waals surface area (Å²) in [6, 6.07) is -0.718. The van der Waals surface area contributed by atoms with E-state index in [1.165, 1.54) is 122 Å². The van der Waals surface area contributed by atoms with Gasteiger partial charge >= 0.3 is 0 Å². The molecule has 1 aliphatic heterocycles. The molecule has 6 N–H and O–H groups in total. The molecule has 0 aromatic rings. The van der Waals surface area contributed by atoms with Crippen LogP contribution in [0.3, 0.4) is 0 Å². The van der Waals surface area contributed by atoms with E-state index in [1.54, 1.807) is 0 Å². The van der Waals surface area contributed by atoms with Gasteiger partial charge in [-0.25, -0.2) is 0 Å². The zero-order valence-electron chi connectivity index (χ0n) is 35.9. The Morgan fingerprint density at radius 1 is 0.607 bits per heavy atom. The number of rotatable bonds is 38. The standard InChI is InChI=1S/C47H87NO8/c1-3-5-7-9-11-13-14-15-16-17-18-19-20-21-22-23-24-25-26-27-28-29-31-33-35-37-43(51)48-40(41(50)36-34-32-30-12-10-8-6-4-2)39-55-47-46(54)45(53)44(52)42(38-49)56-47/h14-15,17-18,20-21,40-42,44-47,49-50,52-54H,3-13,16,19,22-39H2,1-2H3,(H,48,51)/b15-14-,18-17-,21-20-. The lowest BCUT2D eigenvalue weighted by molar-refractivity contribution is -0.302. The van der Waals surface area contributed by atoms with Crippen LogP contribution in [0.4, 0.5) is 0 Å². The zero-order chi connectivity index (χ0) is 40.9. The monoisotopic (exact) mass is 794 g/mol. The first-order chi connectivity index (χ1) is 27.3. The van der Waals surface area contributed by atoms with Crippen molar-refractivity contribution in [2.24, 2.45) is 0 Å². The molecule has 1 amide bonds. The van der Waals surface area contributed by atoms with Crippen molar-refractivity contribution in [3.63, 3.8) is 0 Å². The first kappa shape index (κ1) is 52.4. The average Bonchev–Trinajstić information content (AvgIpc) is 3.20. The third kappa shape index (κ3) is 27.9. The fraction of sp³-hybridized carbons (Fsp3) is 0.851. The van der Waals surface area contributed by atoms with Crippen LogP contribution in [0, 0.1) is 0 Å². The van der Waals surface area contributed by atoms with Crippen LogP contribution in [0.25, 0.3) is 0 Å². The number of amides is 1. The molecule has 0 saturated carbocycles. The molecule has 0 bridgehead atoms. The Morgan fingerprint density at radius 2 is 1.05 bits per heavy atom. The highest BCUT2D eigenvalue weighted by molar-refractivity contribution is 5.76. The Morgan fingerprint density at radius 3 is 1.55 bits per heavy atom. The zero-order valence-corrected chi connectivity index (χ0v) is 35.9. The molecule has 9 heteroatoms. The third-order valence-electron chi connectivity index (χ3n) is 11.0. The molecule has 7 atom stereocenters. The maximum Gasteiger partial charge on any atom is 0.220 e. The van der Waals surface area contributed by atoms with Gasteiger partial charge in [-0.3, -0.25) is 4.79 Å². The molecule has 1 fully saturated rings. The summed E-state index contributed by atoms with van der Waals surface area (Å²) in [7, 11) is 0. The van der Waals surface area contributed by atoms with Gasteiger partial charge in [0, 0.05) is 6.42 Å². The Labute approximate surface area is 342 Å². The number of carbonyl (C=O) groups excluding carboxylic acids is 1. The molecule has 1 rings (SSSR count). The highest BCUT2D eigenvalue weighted by Crippen LogP contribution is 2.23. The van der Waals surface area contributed by atoms with Crippen LogP contribution in [-0.2, 0) is 14.3 Å². The lowest BCUT2D eigenvalue weighted by atomic mass is 9.99. The van der Waals surface area contributed by atoms with Crippen LogP contribution < -0.4 is 5.32 Å². The fourth-order valence-electron chi connectivity index (χ4n) is 7.23. The van der Waals surface area contributed by atoms with Gasteiger partial charge in [0.15, 0.2) is 6.29 Å². The molecule has 0 spiro atoms. The van der Waals surface area contributed by atoms with E-state index in [2.05, 4.69) is 55.6 Å². The van der Waals surface area contributed by atoms with Crippen LogP contribution >= 0.6 is 0 Å². The lowest BCUT2D eigenvalue weighted by Gasteiger charge is -2.40. The van der Waals surface area contributed by atoms with Gasteiger partial charge in [-0.2, -0.15) is 0 Å². The van der Waals surface area contributed by atoms with E-state index in [1.807, 2.05) is 0 Å². The van der Waals surface area contributed by atoms with Gasteiger partial charge < -0.3 is 40.3 Å². The van der Waals surface area contributed by atoms with E-state index in [4.69, 9.17) is 9.47 Å². The van der Waals surface area contributed by atoms with Gasteiger partial charge in [-0.05, 0) is 51.4 Å². The predicted octanol–water partition coefficient (Wildman–Crippen LogP) is 9.67. The van der Waals surface area contributed by atoms with Crippen molar-refractivity contribution >= 4 is 5.91 Å². The molecule has 1 aliphatic rings. The van der Waals surface area contributed by atoms with Gasteiger partial charge in [0.1, 0.15) is 24.4 Å². The fourth-order valence-corrected chi connectivity index (χ4v) is 7.23. The molecule has 7 unspecified atom stereocenters. The highest BCUT2D eigenvalue weighted by Gasteiger charge is 2.44. The first-order valence-electron chi connectivity index (χ1n) is 23.2. The Balaban J connectivity index is 2.20. The lowest BCUT2D eigenvalue weighted by Crippen LogP contribution is -2.60. The van der Waals surface area contributed by atoms with Crippen LogP contribution in [0.5, 0.6) is 0 Å². The number of aliphatic hydroxyl groups is 5. The first-order valence-corrected chi connectivity index (χ1v) is 23.2. The minimum atomic E-state index is -1.55. The van der Waals surface area contributed by atoms with Gasteiger partial charge in [0.25, 0.3) is 0 Å². The predicted molar refractivity (Wildman–Crippen MR) is 230 cm³/mol. The molecule has 328 valence electrons. The molecule has 56 heavy (non-hydrogen) atoms. The number of unbranched alkanes of at least 4 members (excludes halogenated alkanes) is 22. The molecular formula is C47H87NO8. The third-order valence-corrected chi connectivity index (χ3v) is 11.0. The van der Waals surface area contributed by atoms with Crippen LogP contribution in [0.2, 0.25) is 0 Å². The van der Waals surface area contributed by atoms with E-state index in [-0.39, 0.29) is 12.5 Å². The molecule has 0 aromatic carbocycles. The maximum absolute atomic E-state index is 12.9. The molecule has 9 nitrogen and oxygen atoms in total. The summed E-state index contributed by atoms with van der Waals surface area (Å²) in [5.41, 5.74) is 0. The normalized spacial score (nSPS) is 21.4. The Bertz CT molecular complexity index is 972. The van der Waals surface area contributed by atoms with Crippen molar-refractivity contribution < 1.29 is 39.8 Å². The second-order valence-electron chi connectivity index (χ2n) is 16.2. The largest absolute Gasteiger partial charge is 0.394 e. The summed E-state index contributed by atoms with van der Waals surface area (Å²) in [5.74, 6) is -0.153. The van der Waals surface area contributed by atoms with Crippen molar-refractivity contribution in [2.75, 3.05) is 13.2 Å².